The van der Waals surface area contributed by atoms with Gasteiger partial charge in [0.15, 0.2) is 17.2 Å². The number of nitrogens with zero attached hydrogens (tertiary/aromatic N) is 1. The molecule has 7 nitrogen and oxygen atoms in total. The van der Waals surface area contributed by atoms with Crippen molar-refractivity contribution < 1.29 is 27.4 Å². The Kier molecular flexibility index (Phi) is 5.21. The number of halogens is 2. The van der Waals surface area contributed by atoms with Crippen molar-refractivity contribution in [3.05, 3.63) is 75.5 Å². The number of hydrogen-bond donors (Lipinski definition) is 1. The summed E-state index contributed by atoms with van der Waals surface area (Å²) in [6.07, 6.45) is 0. The number of para-hydroxylation sites is 1. The Morgan fingerprint density at radius 1 is 1.23 bits per heavy atom. The maximum Gasteiger partial charge on any atom is 0.387 e. The summed E-state index contributed by atoms with van der Waals surface area (Å²) in [5.41, 5.74) is 6.07. The number of rotatable bonds is 5. The number of nitrogens with two attached hydrogens (primary N) is 1. The van der Waals surface area contributed by atoms with Crippen molar-refractivity contribution in [2.45, 2.75) is 19.5 Å². The van der Waals surface area contributed by atoms with Gasteiger partial charge in [0.05, 0.1) is 23.5 Å². The second kappa shape index (κ2) is 7.99. The molecule has 31 heavy (non-hydrogen) atoms. The summed E-state index contributed by atoms with van der Waals surface area (Å²) in [4.78, 5) is 12.9. The largest absolute Gasteiger partial charge is 0.490 e. The lowest BCUT2D eigenvalue weighted by Crippen LogP contribution is -2.26. The summed E-state index contributed by atoms with van der Waals surface area (Å²) in [5.74, 6) is -1.07. The van der Waals surface area contributed by atoms with Crippen molar-refractivity contribution in [2.24, 2.45) is 5.73 Å². The van der Waals surface area contributed by atoms with E-state index in [1.807, 2.05) is 6.07 Å². The maximum atomic E-state index is 12.9. The average Bonchev–Trinajstić information content (AvgIpc) is 2.74. The third kappa shape index (κ3) is 3.53. The molecule has 4 rings (SSSR count). The van der Waals surface area contributed by atoms with Gasteiger partial charge in [-0.15, -0.1) is 0 Å². The zero-order chi connectivity index (χ0) is 22.1. The third-order valence-electron chi connectivity index (χ3n) is 4.79. The summed E-state index contributed by atoms with van der Waals surface area (Å²) in [6, 6.07) is 12.9. The Labute approximate surface area is 174 Å². The van der Waals surface area contributed by atoms with Gasteiger partial charge in [0, 0.05) is 0 Å². The SMILES string of the molecule is CCOc1cc([C@@H]2C(C#N)=C(N)Oc3c2c(=O)oc2ccccc32)ccc1OC(F)F. The maximum absolute atomic E-state index is 12.9. The van der Waals surface area contributed by atoms with E-state index in [0.717, 1.165) is 0 Å². The molecule has 0 saturated heterocycles. The van der Waals surface area contributed by atoms with Crippen LogP contribution in [0.2, 0.25) is 0 Å². The van der Waals surface area contributed by atoms with Crippen LogP contribution in [0, 0.1) is 11.3 Å². The van der Waals surface area contributed by atoms with E-state index in [9.17, 15) is 18.8 Å². The number of fused-ring (bicyclic) bond motifs is 3. The topological polar surface area (TPSA) is 108 Å². The predicted octanol–water partition coefficient (Wildman–Crippen LogP) is 4.01. The van der Waals surface area contributed by atoms with Crippen LogP contribution >= 0.6 is 0 Å². The van der Waals surface area contributed by atoms with Crippen LogP contribution in [0.5, 0.6) is 17.2 Å². The van der Waals surface area contributed by atoms with Crippen LogP contribution in [0.1, 0.15) is 24.0 Å². The minimum Gasteiger partial charge on any atom is -0.490 e. The number of alkyl halides is 2. The molecule has 2 N–H and O–H groups in total. The van der Waals surface area contributed by atoms with Gasteiger partial charge in [-0.25, -0.2) is 4.79 Å². The van der Waals surface area contributed by atoms with Crippen molar-refractivity contribution in [2.75, 3.05) is 6.61 Å². The lowest BCUT2D eigenvalue weighted by molar-refractivity contribution is -0.0514. The number of allylic oxidation sites excluding steroid dienone is 1. The monoisotopic (exact) mass is 426 g/mol. The van der Waals surface area contributed by atoms with E-state index < -0.39 is 18.2 Å². The molecule has 0 saturated carbocycles. The number of benzene rings is 2. The Bertz CT molecular complexity index is 1290. The van der Waals surface area contributed by atoms with Gasteiger partial charge in [0.1, 0.15) is 17.2 Å². The summed E-state index contributed by atoms with van der Waals surface area (Å²) in [7, 11) is 0. The van der Waals surface area contributed by atoms with E-state index in [4.69, 9.17) is 19.6 Å². The molecule has 0 radical (unpaired) electrons. The van der Waals surface area contributed by atoms with Gasteiger partial charge >= 0.3 is 12.2 Å². The fourth-order valence-electron chi connectivity index (χ4n) is 3.57. The summed E-state index contributed by atoms with van der Waals surface area (Å²) in [5, 5.41) is 10.2. The zero-order valence-corrected chi connectivity index (χ0v) is 16.2. The highest BCUT2D eigenvalue weighted by molar-refractivity contribution is 5.86. The van der Waals surface area contributed by atoms with E-state index in [1.165, 1.54) is 18.2 Å². The standard InChI is InChI=1S/C22H16F2N2O5/c1-2-28-16-9-11(7-8-15(16)30-22(23)24)17-13(10-25)20(26)31-19-12-5-3-4-6-14(12)29-21(27)18(17)19/h3-9,17,22H,2,26H2,1H3/t17-/m1/s1. The molecule has 1 atom stereocenters. The van der Waals surface area contributed by atoms with Crippen LogP contribution in [-0.2, 0) is 0 Å². The fourth-order valence-corrected chi connectivity index (χ4v) is 3.57. The van der Waals surface area contributed by atoms with Gasteiger partial charge in [0.25, 0.3) is 0 Å². The molecule has 0 aliphatic carbocycles. The van der Waals surface area contributed by atoms with Gasteiger partial charge in [-0.3, -0.25) is 0 Å². The highest BCUT2D eigenvalue weighted by Crippen LogP contribution is 2.45. The normalized spacial score (nSPS) is 15.4. The molecule has 1 aliphatic rings. The molecular formula is C22H16F2N2O5. The minimum absolute atomic E-state index is 0.0138. The lowest BCUT2D eigenvalue weighted by atomic mass is 9.83. The van der Waals surface area contributed by atoms with E-state index in [-0.39, 0.29) is 40.9 Å². The molecule has 2 aromatic carbocycles. The Balaban J connectivity index is 1.96. The van der Waals surface area contributed by atoms with Crippen molar-refractivity contribution in [3.8, 4) is 23.3 Å². The van der Waals surface area contributed by atoms with Crippen LogP contribution in [0.4, 0.5) is 8.78 Å². The molecular weight excluding hydrogens is 410 g/mol. The second-order valence-corrected chi connectivity index (χ2v) is 6.57. The zero-order valence-electron chi connectivity index (χ0n) is 16.2. The third-order valence-corrected chi connectivity index (χ3v) is 4.79. The molecule has 9 heteroatoms. The molecule has 0 unspecified atom stereocenters. The van der Waals surface area contributed by atoms with Crippen LogP contribution in [0.25, 0.3) is 11.0 Å². The predicted molar refractivity (Wildman–Crippen MR) is 106 cm³/mol. The smallest absolute Gasteiger partial charge is 0.387 e. The Morgan fingerprint density at radius 3 is 2.71 bits per heavy atom. The Morgan fingerprint density at radius 2 is 2.00 bits per heavy atom. The van der Waals surface area contributed by atoms with Gasteiger partial charge in [-0.1, -0.05) is 18.2 Å². The first-order chi connectivity index (χ1) is 14.9. The van der Waals surface area contributed by atoms with E-state index in [0.29, 0.717) is 16.5 Å². The summed E-state index contributed by atoms with van der Waals surface area (Å²) in [6.45, 7) is -1.18. The first-order valence-corrected chi connectivity index (χ1v) is 9.29. The van der Waals surface area contributed by atoms with Crippen LogP contribution in [0.3, 0.4) is 0 Å². The molecule has 0 amide bonds. The van der Waals surface area contributed by atoms with E-state index in [1.54, 1.807) is 31.2 Å². The average molecular weight is 426 g/mol. The number of ether oxygens (including phenoxy) is 3. The van der Waals surface area contributed by atoms with Gasteiger partial charge in [-0.2, -0.15) is 14.0 Å². The molecule has 3 aromatic rings. The molecule has 0 bridgehead atoms. The molecule has 1 aromatic heterocycles. The Hall–Kier alpha value is -4.06. The molecule has 158 valence electrons. The van der Waals surface area contributed by atoms with Crippen LogP contribution in [-0.4, -0.2) is 13.2 Å². The lowest BCUT2D eigenvalue weighted by Gasteiger charge is -2.26. The first kappa shape index (κ1) is 20.2. The highest BCUT2D eigenvalue weighted by Gasteiger charge is 2.36. The van der Waals surface area contributed by atoms with Crippen molar-refractivity contribution >= 4 is 11.0 Å². The summed E-state index contributed by atoms with van der Waals surface area (Å²) < 4.78 is 46.5. The van der Waals surface area contributed by atoms with Crippen LogP contribution in [0.15, 0.2) is 63.1 Å². The van der Waals surface area contributed by atoms with Gasteiger partial charge in [-0.05, 0) is 36.8 Å². The minimum atomic E-state index is -3.04. The van der Waals surface area contributed by atoms with Crippen molar-refractivity contribution in [1.82, 2.24) is 0 Å². The quantitative estimate of drug-likeness (QED) is 0.614. The first-order valence-electron chi connectivity index (χ1n) is 9.29. The summed E-state index contributed by atoms with van der Waals surface area (Å²) >= 11 is 0. The highest BCUT2D eigenvalue weighted by atomic mass is 19.3. The molecule has 0 fully saturated rings. The van der Waals surface area contributed by atoms with Crippen LogP contribution < -0.4 is 25.6 Å². The fraction of sp³-hybridized carbons (Fsp3) is 0.182. The number of hydrogen-bond acceptors (Lipinski definition) is 7. The molecule has 0 spiro atoms. The second-order valence-electron chi connectivity index (χ2n) is 6.57. The van der Waals surface area contributed by atoms with E-state index in [2.05, 4.69) is 4.74 Å². The van der Waals surface area contributed by atoms with Gasteiger partial charge in [0.2, 0.25) is 5.88 Å². The van der Waals surface area contributed by atoms with Gasteiger partial charge < -0.3 is 24.4 Å². The molecule has 1 aliphatic heterocycles. The molecule has 2 heterocycles. The van der Waals surface area contributed by atoms with Crippen molar-refractivity contribution in [3.63, 3.8) is 0 Å². The van der Waals surface area contributed by atoms with E-state index >= 15 is 0 Å². The number of nitriles is 1. The van der Waals surface area contributed by atoms with Crippen molar-refractivity contribution in [1.29, 1.82) is 5.26 Å².